The molecule has 1 aliphatic heterocycles. The zero-order valence-electron chi connectivity index (χ0n) is 10.2. The van der Waals surface area contributed by atoms with E-state index in [-0.39, 0.29) is 6.10 Å². The second-order valence-corrected chi connectivity index (χ2v) is 4.64. The van der Waals surface area contributed by atoms with Crippen molar-refractivity contribution in [3.63, 3.8) is 0 Å². The SMILES string of the molecule is NCC1CC[C@@H](COCc2ccccc2)CO1. The van der Waals surface area contributed by atoms with Crippen molar-refractivity contribution in [1.29, 1.82) is 0 Å². The fourth-order valence-corrected chi connectivity index (χ4v) is 2.10. The average molecular weight is 235 g/mol. The Balaban J connectivity index is 1.63. The highest BCUT2D eigenvalue weighted by atomic mass is 16.5. The average Bonchev–Trinajstić information content (AvgIpc) is 2.41. The summed E-state index contributed by atoms with van der Waals surface area (Å²) in [5.41, 5.74) is 6.79. The molecule has 2 N–H and O–H groups in total. The quantitative estimate of drug-likeness (QED) is 0.848. The van der Waals surface area contributed by atoms with Gasteiger partial charge in [-0.2, -0.15) is 0 Å². The lowest BCUT2D eigenvalue weighted by atomic mass is 9.99. The second kappa shape index (κ2) is 6.74. The Hall–Kier alpha value is -0.900. The van der Waals surface area contributed by atoms with Crippen molar-refractivity contribution >= 4 is 0 Å². The van der Waals surface area contributed by atoms with Gasteiger partial charge in [-0.25, -0.2) is 0 Å². The van der Waals surface area contributed by atoms with E-state index in [1.807, 2.05) is 18.2 Å². The Kier molecular flexibility index (Phi) is 4.98. The van der Waals surface area contributed by atoms with Gasteiger partial charge in [-0.05, 0) is 18.4 Å². The van der Waals surface area contributed by atoms with Gasteiger partial charge in [0.15, 0.2) is 0 Å². The largest absolute Gasteiger partial charge is 0.377 e. The predicted octanol–water partition coefficient (Wildman–Crippen LogP) is 1.96. The van der Waals surface area contributed by atoms with Gasteiger partial charge in [0, 0.05) is 12.5 Å². The molecule has 1 fully saturated rings. The smallest absolute Gasteiger partial charge is 0.0717 e. The normalized spacial score (nSPS) is 24.8. The molecule has 0 radical (unpaired) electrons. The van der Waals surface area contributed by atoms with E-state index in [2.05, 4.69) is 12.1 Å². The van der Waals surface area contributed by atoms with Gasteiger partial charge in [-0.15, -0.1) is 0 Å². The van der Waals surface area contributed by atoms with Gasteiger partial charge in [0.2, 0.25) is 0 Å². The molecule has 1 aliphatic rings. The summed E-state index contributed by atoms with van der Waals surface area (Å²) in [4.78, 5) is 0. The molecule has 2 rings (SSSR count). The second-order valence-electron chi connectivity index (χ2n) is 4.64. The first-order valence-corrected chi connectivity index (χ1v) is 6.32. The van der Waals surface area contributed by atoms with Gasteiger partial charge in [-0.1, -0.05) is 30.3 Å². The van der Waals surface area contributed by atoms with E-state index >= 15 is 0 Å². The monoisotopic (exact) mass is 235 g/mol. The molecular formula is C14H21NO2. The van der Waals surface area contributed by atoms with Crippen LogP contribution in [-0.4, -0.2) is 25.9 Å². The van der Waals surface area contributed by atoms with Gasteiger partial charge in [0.1, 0.15) is 0 Å². The summed E-state index contributed by atoms with van der Waals surface area (Å²) in [6.45, 7) is 2.90. The molecule has 0 saturated carbocycles. The van der Waals surface area contributed by atoms with Crippen molar-refractivity contribution in [2.75, 3.05) is 19.8 Å². The minimum Gasteiger partial charge on any atom is -0.377 e. The zero-order valence-corrected chi connectivity index (χ0v) is 10.2. The van der Waals surface area contributed by atoms with E-state index < -0.39 is 0 Å². The van der Waals surface area contributed by atoms with Crippen LogP contribution in [0.5, 0.6) is 0 Å². The summed E-state index contributed by atoms with van der Waals surface area (Å²) in [7, 11) is 0. The van der Waals surface area contributed by atoms with Crippen LogP contribution >= 0.6 is 0 Å². The van der Waals surface area contributed by atoms with Gasteiger partial charge >= 0.3 is 0 Å². The third-order valence-corrected chi connectivity index (χ3v) is 3.19. The van der Waals surface area contributed by atoms with E-state index in [4.69, 9.17) is 15.2 Å². The van der Waals surface area contributed by atoms with E-state index in [0.29, 0.717) is 19.1 Å². The molecular weight excluding hydrogens is 214 g/mol. The molecule has 0 amide bonds. The van der Waals surface area contributed by atoms with Crippen LogP contribution in [0.4, 0.5) is 0 Å². The third kappa shape index (κ3) is 4.11. The Morgan fingerprint density at radius 2 is 2.06 bits per heavy atom. The molecule has 1 aromatic carbocycles. The van der Waals surface area contributed by atoms with Gasteiger partial charge in [0.25, 0.3) is 0 Å². The van der Waals surface area contributed by atoms with Crippen molar-refractivity contribution in [3.05, 3.63) is 35.9 Å². The molecule has 94 valence electrons. The molecule has 2 atom stereocenters. The summed E-state index contributed by atoms with van der Waals surface area (Å²) in [6.07, 6.45) is 2.49. The molecule has 1 aromatic rings. The first kappa shape index (κ1) is 12.6. The van der Waals surface area contributed by atoms with Crippen LogP contribution in [0, 0.1) is 5.92 Å². The van der Waals surface area contributed by atoms with Gasteiger partial charge in [0.05, 0.1) is 25.9 Å². The Morgan fingerprint density at radius 3 is 2.71 bits per heavy atom. The van der Waals surface area contributed by atoms with Crippen LogP contribution in [0.25, 0.3) is 0 Å². The molecule has 0 spiro atoms. The lowest BCUT2D eigenvalue weighted by molar-refractivity contribution is -0.0403. The molecule has 0 bridgehead atoms. The van der Waals surface area contributed by atoms with Crippen LogP contribution in [0.3, 0.4) is 0 Å². The number of hydrogen-bond donors (Lipinski definition) is 1. The number of rotatable bonds is 5. The molecule has 0 aromatic heterocycles. The van der Waals surface area contributed by atoms with Crippen LogP contribution in [0.1, 0.15) is 18.4 Å². The maximum atomic E-state index is 5.72. The zero-order chi connectivity index (χ0) is 11.9. The lowest BCUT2D eigenvalue weighted by Crippen LogP contribution is -2.33. The van der Waals surface area contributed by atoms with E-state index in [1.54, 1.807) is 0 Å². The minimum absolute atomic E-state index is 0.264. The first-order valence-electron chi connectivity index (χ1n) is 6.32. The number of ether oxygens (including phenoxy) is 2. The van der Waals surface area contributed by atoms with Crippen molar-refractivity contribution in [3.8, 4) is 0 Å². The van der Waals surface area contributed by atoms with E-state index in [0.717, 1.165) is 26.1 Å². The summed E-state index contributed by atoms with van der Waals surface area (Å²) < 4.78 is 11.4. The molecule has 3 nitrogen and oxygen atoms in total. The van der Waals surface area contributed by atoms with Gasteiger partial charge < -0.3 is 15.2 Å². The Labute approximate surface area is 103 Å². The molecule has 1 unspecified atom stereocenters. The standard InChI is InChI=1S/C14H21NO2/c15-8-14-7-6-13(11-17-14)10-16-9-12-4-2-1-3-5-12/h1-5,13-14H,6-11,15H2/t13-,14?/m0/s1. The van der Waals surface area contributed by atoms with E-state index in [1.165, 1.54) is 5.56 Å². The highest BCUT2D eigenvalue weighted by molar-refractivity contribution is 5.13. The van der Waals surface area contributed by atoms with Crippen LogP contribution in [-0.2, 0) is 16.1 Å². The molecule has 3 heteroatoms. The van der Waals surface area contributed by atoms with Crippen molar-refractivity contribution in [2.24, 2.45) is 11.7 Å². The predicted molar refractivity (Wildman–Crippen MR) is 67.6 cm³/mol. The highest BCUT2D eigenvalue weighted by Crippen LogP contribution is 2.18. The van der Waals surface area contributed by atoms with Crippen LogP contribution in [0.2, 0.25) is 0 Å². The molecule has 0 aliphatic carbocycles. The number of hydrogen-bond acceptors (Lipinski definition) is 3. The van der Waals surface area contributed by atoms with Crippen molar-refractivity contribution in [1.82, 2.24) is 0 Å². The molecule has 17 heavy (non-hydrogen) atoms. The summed E-state index contributed by atoms with van der Waals surface area (Å²) in [6, 6.07) is 10.3. The summed E-state index contributed by atoms with van der Waals surface area (Å²) >= 11 is 0. The fraction of sp³-hybridized carbons (Fsp3) is 0.571. The minimum atomic E-state index is 0.264. The van der Waals surface area contributed by atoms with Crippen molar-refractivity contribution < 1.29 is 9.47 Å². The first-order chi connectivity index (χ1) is 8.38. The lowest BCUT2D eigenvalue weighted by Gasteiger charge is -2.28. The summed E-state index contributed by atoms with van der Waals surface area (Å²) in [5.74, 6) is 0.529. The number of benzene rings is 1. The third-order valence-electron chi connectivity index (χ3n) is 3.19. The fourth-order valence-electron chi connectivity index (χ4n) is 2.10. The Morgan fingerprint density at radius 1 is 1.24 bits per heavy atom. The molecule has 1 heterocycles. The van der Waals surface area contributed by atoms with Crippen LogP contribution < -0.4 is 5.73 Å². The maximum absolute atomic E-state index is 5.72. The van der Waals surface area contributed by atoms with E-state index in [9.17, 15) is 0 Å². The van der Waals surface area contributed by atoms with Crippen LogP contribution in [0.15, 0.2) is 30.3 Å². The topological polar surface area (TPSA) is 44.5 Å². The molecule has 1 saturated heterocycles. The summed E-state index contributed by atoms with van der Waals surface area (Å²) in [5, 5.41) is 0. The Bertz CT molecular complexity index is 307. The highest BCUT2D eigenvalue weighted by Gasteiger charge is 2.20. The van der Waals surface area contributed by atoms with Gasteiger partial charge in [-0.3, -0.25) is 0 Å². The maximum Gasteiger partial charge on any atom is 0.0717 e. The van der Waals surface area contributed by atoms with Crippen molar-refractivity contribution in [2.45, 2.75) is 25.6 Å². The number of nitrogens with two attached hydrogens (primary N) is 1.